The Morgan fingerprint density at radius 1 is 1.21 bits per heavy atom. The van der Waals surface area contributed by atoms with Gasteiger partial charge in [0.15, 0.2) is 0 Å². The number of nitrogens with one attached hydrogen (secondary N) is 3. The Hall–Kier alpha value is -2.55. The van der Waals surface area contributed by atoms with Gasteiger partial charge in [-0.05, 0) is 24.3 Å². The van der Waals surface area contributed by atoms with Crippen molar-refractivity contribution < 1.29 is 27.9 Å². The van der Waals surface area contributed by atoms with E-state index < -0.39 is 35.0 Å². The van der Waals surface area contributed by atoms with Gasteiger partial charge in [-0.25, -0.2) is 0 Å². The second kappa shape index (κ2) is 5.82. The summed E-state index contributed by atoms with van der Waals surface area (Å²) in [6.07, 6.45) is -4.48. The summed E-state index contributed by atoms with van der Waals surface area (Å²) in [6.45, 7) is 0.919. The number of amides is 2. The maximum absolute atomic E-state index is 12.5. The number of alkyl halides is 3. The minimum absolute atomic E-state index is 0.0905. The highest BCUT2D eigenvalue weighted by Crippen LogP contribution is 2.30. The summed E-state index contributed by atoms with van der Waals surface area (Å²) < 4.78 is 37.5. The predicted octanol–water partition coefficient (Wildman–Crippen LogP) is 1.17. The van der Waals surface area contributed by atoms with Crippen molar-refractivity contribution in [1.29, 1.82) is 0 Å². The van der Waals surface area contributed by atoms with Crippen molar-refractivity contribution in [3.8, 4) is 0 Å². The molecule has 4 N–H and O–H groups in total. The van der Waals surface area contributed by atoms with E-state index in [0.717, 1.165) is 24.3 Å². The number of aliphatic hydroxyl groups excluding tert-OH is 1. The summed E-state index contributed by atoms with van der Waals surface area (Å²) in [7, 11) is 0. The van der Waals surface area contributed by atoms with Crippen LogP contribution in [0.5, 0.6) is 0 Å². The number of aliphatic hydroxyl groups is 1. The molecule has 1 fully saturated rings. The SMILES string of the molecule is O=C(Nc1ccc(C(F)(F)F)cc1)C1=C(O)[C@H]2CNC[C@@H]2NC1=O. The molecule has 0 unspecified atom stereocenters. The molecule has 0 saturated carbocycles. The molecule has 2 aliphatic rings. The first kappa shape index (κ1) is 16.3. The monoisotopic (exact) mass is 341 g/mol. The molecule has 0 spiro atoms. The van der Waals surface area contributed by atoms with E-state index in [1.807, 2.05) is 0 Å². The molecule has 0 aliphatic carbocycles. The highest BCUT2D eigenvalue weighted by molar-refractivity contribution is 6.23. The van der Waals surface area contributed by atoms with E-state index in [4.69, 9.17) is 0 Å². The molecule has 2 amide bonds. The number of halogens is 3. The fraction of sp³-hybridized carbons (Fsp3) is 0.333. The number of rotatable bonds is 2. The van der Waals surface area contributed by atoms with Crippen LogP contribution in [-0.4, -0.2) is 36.1 Å². The predicted molar refractivity (Wildman–Crippen MR) is 78.0 cm³/mol. The van der Waals surface area contributed by atoms with Crippen LogP contribution in [0.3, 0.4) is 0 Å². The second-order valence-electron chi connectivity index (χ2n) is 5.63. The number of carbonyl (C=O) groups is 2. The largest absolute Gasteiger partial charge is 0.511 e. The lowest BCUT2D eigenvalue weighted by Gasteiger charge is -2.26. The van der Waals surface area contributed by atoms with E-state index in [0.29, 0.717) is 13.1 Å². The lowest BCUT2D eigenvalue weighted by Crippen LogP contribution is -2.48. The molecule has 9 heteroatoms. The van der Waals surface area contributed by atoms with Crippen molar-refractivity contribution in [2.75, 3.05) is 18.4 Å². The number of benzene rings is 1. The molecule has 6 nitrogen and oxygen atoms in total. The third kappa shape index (κ3) is 2.94. The van der Waals surface area contributed by atoms with Crippen molar-refractivity contribution >= 4 is 17.5 Å². The second-order valence-corrected chi connectivity index (χ2v) is 5.63. The molecule has 3 rings (SSSR count). The van der Waals surface area contributed by atoms with E-state index in [1.165, 1.54) is 0 Å². The Labute approximate surface area is 134 Å². The lowest BCUT2D eigenvalue weighted by atomic mass is 9.92. The third-order valence-electron chi connectivity index (χ3n) is 4.06. The van der Waals surface area contributed by atoms with Gasteiger partial charge in [0.25, 0.3) is 11.8 Å². The van der Waals surface area contributed by atoms with Crippen LogP contribution in [0.4, 0.5) is 18.9 Å². The molecular weight excluding hydrogens is 327 g/mol. The average molecular weight is 341 g/mol. The van der Waals surface area contributed by atoms with E-state index >= 15 is 0 Å². The van der Waals surface area contributed by atoms with E-state index in [9.17, 15) is 27.9 Å². The van der Waals surface area contributed by atoms with Crippen molar-refractivity contribution in [1.82, 2.24) is 10.6 Å². The number of anilines is 1. The zero-order valence-corrected chi connectivity index (χ0v) is 12.3. The van der Waals surface area contributed by atoms with Crippen molar-refractivity contribution in [3.63, 3.8) is 0 Å². The van der Waals surface area contributed by atoms with Gasteiger partial charge in [-0.3, -0.25) is 9.59 Å². The maximum atomic E-state index is 12.5. The molecule has 2 aliphatic heterocycles. The van der Waals surface area contributed by atoms with Gasteiger partial charge in [-0.2, -0.15) is 13.2 Å². The fourth-order valence-corrected chi connectivity index (χ4v) is 2.82. The molecule has 24 heavy (non-hydrogen) atoms. The zero-order chi connectivity index (χ0) is 17.5. The summed E-state index contributed by atoms with van der Waals surface area (Å²) in [5.74, 6) is -2.27. The van der Waals surface area contributed by atoms with Crippen LogP contribution in [0.2, 0.25) is 0 Å². The summed E-state index contributed by atoms with van der Waals surface area (Å²) in [6, 6.07) is 3.53. The lowest BCUT2D eigenvalue weighted by molar-refractivity contribution is -0.137. The summed E-state index contributed by atoms with van der Waals surface area (Å²) in [5, 5.41) is 18.1. The number of hydrogen-bond acceptors (Lipinski definition) is 4. The standard InChI is InChI=1S/C15H14F3N3O3/c16-15(17,18)7-1-3-8(4-2-7)20-13(23)11-12(22)9-5-19-6-10(9)21-14(11)24/h1-4,9-10,19,22H,5-6H2,(H,20,23)(H,21,24)/t9-,10-/m0/s1. The Bertz CT molecular complexity index is 713. The molecule has 2 atom stereocenters. The number of fused-ring (bicyclic) bond motifs is 1. The number of carbonyl (C=O) groups excluding carboxylic acids is 2. The number of hydrogen-bond donors (Lipinski definition) is 4. The molecule has 0 radical (unpaired) electrons. The zero-order valence-electron chi connectivity index (χ0n) is 12.3. The van der Waals surface area contributed by atoms with Crippen LogP contribution < -0.4 is 16.0 Å². The normalized spacial score (nSPS) is 23.7. The molecular formula is C15H14F3N3O3. The first-order chi connectivity index (χ1) is 11.3. The van der Waals surface area contributed by atoms with Crippen LogP contribution in [0.15, 0.2) is 35.6 Å². The van der Waals surface area contributed by atoms with Crippen LogP contribution in [0, 0.1) is 5.92 Å². The Morgan fingerprint density at radius 3 is 2.50 bits per heavy atom. The quantitative estimate of drug-likeness (QED) is 0.608. The van der Waals surface area contributed by atoms with Gasteiger partial charge in [0.05, 0.1) is 17.5 Å². The Kier molecular flexibility index (Phi) is 3.96. The average Bonchev–Trinajstić information content (AvgIpc) is 2.95. The molecule has 1 aromatic rings. The van der Waals surface area contributed by atoms with E-state index in [-0.39, 0.29) is 17.5 Å². The summed E-state index contributed by atoms with van der Waals surface area (Å²) in [4.78, 5) is 24.2. The smallest absolute Gasteiger partial charge is 0.416 e. The van der Waals surface area contributed by atoms with Crippen molar-refractivity contribution in [2.45, 2.75) is 12.2 Å². The van der Waals surface area contributed by atoms with Crippen LogP contribution in [0.25, 0.3) is 0 Å². The molecule has 1 aromatic carbocycles. The van der Waals surface area contributed by atoms with Gasteiger partial charge < -0.3 is 21.1 Å². The minimum atomic E-state index is -4.48. The van der Waals surface area contributed by atoms with Crippen LogP contribution in [-0.2, 0) is 15.8 Å². The maximum Gasteiger partial charge on any atom is 0.416 e. The third-order valence-corrected chi connectivity index (χ3v) is 4.06. The Balaban J connectivity index is 1.79. The van der Waals surface area contributed by atoms with Gasteiger partial charge in [-0.15, -0.1) is 0 Å². The van der Waals surface area contributed by atoms with E-state index in [2.05, 4.69) is 16.0 Å². The minimum Gasteiger partial charge on any atom is -0.511 e. The molecule has 0 bridgehead atoms. The fourth-order valence-electron chi connectivity index (χ4n) is 2.82. The first-order valence-corrected chi connectivity index (χ1v) is 7.20. The van der Waals surface area contributed by atoms with E-state index in [1.54, 1.807) is 0 Å². The summed E-state index contributed by atoms with van der Waals surface area (Å²) in [5.41, 5.74) is -1.18. The highest BCUT2D eigenvalue weighted by atomic mass is 19.4. The Morgan fingerprint density at radius 2 is 1.88 bits per heavy atom. The van der Waals surface area contributed by atoms with Crippen LogP contribution in [0.1, 0.15) is 5.56 Å². The van der Waals surface area contributed by atoms with Crippen LogP contribution >= 0.6 is 0 Å². The van der Waals surface area contributed by atoms with Gasteiger partial charge >= 0.3 is 6.18 Å². The van der Waals surface area contributed by atoms with Crippen molar-refractivity contribution in [3.05, 3.63) is 41.2 Å². The first-order valence-electron chi connectivity index (χ1n) is 7.20. The topological polar surface area (TPSA) is 90.5 Å². The van der Waals surface area contributed by atoms with Gasteiger partial charge in [0.2, 0.25) is 0 Å². The molecule has 1 saturated heterocycles. The summed E-state index contributed by atoms with van der Waals surface area (Å²) >= 11 is 0. The van der Waals surface area contributed by atoms with Gasteiger partial charge in [0.1, 0.15) is 11.3 Å². The highest BCUT2D eigenvalue weighted by Gasteiger charge is 2.41. The molecule has 2 heterocycles. The molecule has 128 valence electrons. The van der Waals surface area contributed by atoms with Gasteiger partial charge in [0, 0.05) is 18.8 Å². The molecule has 0 aromatic heterocycles. The van der Waals surface area contributed by atoms with Gasteiger partial charge in [-0.1, -0.05) is 0 Å². The van der Waals surface area contributed by atoms with Crippen molar-refractivity contribution in [2.24, 2.45) is 5.92 Å².